The molecule has 0 aromatic rings. The Bertz CT molecular complexity index is 260. The van der Waals surface area contributed by atoms with Gasteiger partial charge < -0.3 is 5.32 Å². The van der Waals surface area contributed by atoms with Gasteiger partial charge in [-0.1, -0.05) is 32.2 Å². The van der Waals surface area contributed by atoms with Gasteiger partial charge in [0.2, 0.25) is 0 Å². The summed E-state index contributed by atoms with van der Waals surface area (Å²) in [6, 6.07) is 0. The van der Waals surface area contributed by atoms with Gasteiger partial charge in [-0.05, 0) is 26.3 Å². The van der Waals surface area contributed by atoms with Gasteiger partial charge in [-0.25, -0.2) is 0 Å². The largest absolute Gasteiger partial charge is 0.306 e. The van der Waals surface area contributed by atoms with E-state index < -0.39 is 0 Å². The molecule has 0 saturated heterocycles. The second kappa shape index (κ2) is 7.18. The molecule has 0 saturated carbocycles. The molecule has 0 heterocycles. The smallest absolute Gasteiger partial charge is 0.0541 e. The molecular weight excluding hydrogens is 184 g/mol. The third kappa shape index (κ3) is 6.86. The van der Waals surface area contributed by atoms with Crippen LogP contribution in [-0.2, 0) is 0 Å². The molecule has 0 bridgehead atoms. The van der Waals surface area contributed by atoms with E-state index in [1.165, 1.54) is 0 Å². The van der Waals surface area contributed by atoms with Crippen molar-refractivity contribution in [1.82, 2.24) is 5.32 Å². The quantitative estimate of drug-likeness (QED) is 0.502. The highest BCUT2D eigenvalue weighted by Crippen LogP contribution is 2.06. The molecule has 0 aliphatic rings. The summed E-state index contributed by atoms with van der Waals surface area (Å²) in [5.74, 6) is 0. The van der Waals surface area contributed by atoms with Crippen LogP contribution in [0, 0.1) is 0 Å². The first kappa shape index (κ1) is 13.8. The van der Waals surface area contributed by atoms with E-state index in [4.69, 9.17) is 0 Å². The van der Waals surface area contributed by atoms with Crippen molar-refractivity contribution in [3.05, 3.63) is 37.6 Å². The van der Waals surface area contributed by atoms with Gasteiger partial charge in [-0.3, -0.25) is 4.99 Å². The molecule has 1 N–H and O–H groups in total. The van der Waals surface area contributed by atoms with Gasteiger partial charge in [-0.15, -0.1) is 0 Å². The fourth-order valence-corrected chi connectivity index (χ4v) is 0.899. The van der Waals surface area contributed by atoms with Gasteiger partial charge in [0.1, 0.15) is 0 Å². The van der Waals surface area contributed by atoms with Crippen molar-refractivity contribution < 1.29 is 0 Å². The fourth-order valence-electron chi connectivity index (χ4n) is 0.899. The van der Waals surface area contributed by atoms with E-state index in [2.05, 4.69) is 44.2 Å². The third-order valence-electron chi connectivity index (χ3n) is 2.31. The van der Waals surface area contributed by atoms with Crippen LogP contribution in [0.25, 0.3) is 0 Å². The summed E-state index contributed by atoms with van der Waals surface area (Å²) >= 11 is 0. The van der Waals surface area contributed by atoms with Crippen molar-refractivity contribution in [2.75, 3.05) is 6.54 Å². The highest BCUT2D eigenvalue weighted by molar-refractivity contribution is 5.97. The maximum Gasteiger partial charge on any atom is 0.0541 e. The maximum absolute atomic E-state index is 4.18. The number of nitrogens with one attached hydrogen (secondary N) is 1. The van der Waals surface area contributed by atoms with E-state index >= 15 is 0 Å². The highest BCUT2D eigenvalue weighted by Gasteiger charge is 2.13. The molecule has 0 fully saturated rings. The number of aliphatic imine (C=N–C) groups is 1. The lowest BCUT2D eigenvalue weighted by Gasteiger charge is -2.24. The summed E-state index contributed by atoms with van der Waals surface area (Å²) in [6.07, 6.45) is 8.20. The van der Waals surface area contributed by atoms with Crippen molar-refractivity contribution in [2.45, 2.75) is 32.7 Å². The van der Waals surface area contributed by atoms with Gasteiger partial charge in [0.25, 0.3) is 0 Å². The molecular formula is C13H22N2. The molecule has 0 aliphatic carbocycles. The second-order valence-corrected chi connectivity index (χ2v) is 3.99. The first-order chi connectivity index (χ1) is 7.05. The van der Waals surface area contributed by atoms with Crippen molar-refractivity contribution in [3.63, 3.8) is 0 Å². The number of hydrogen-bond acceptors (Lipinski definition) is 2. The Morgan fingerprint density at radius 2 is 2.07 bits per heavy atom. The average molecular weight is 206 g/mol. The zero-order chi connectivity index (χ0) is 11.7. The molecule has 0 rings (SSSR count). The van der Waals surface area contributed by atoms with Gasteiger partial charge in [0.15, 0.2) is 0 Å². The van der Waals surface area contributed by atoms with E-state index in [-0.39, 0.29) is 5.54 Å². The van der Waals surface area contributed by atoms with Crippen LogP contribution < -0.4 is 5.32 Å². The first-order valence-corrected chi connectivity index (χ1v) is 5.27. The summed E-state index contributed by atoms with van der Waals surface area (Å²) in [6.45, 7) is 14.5. The van der Waals surface area contributed by atoms with E-state index in [1.807, 2.05) is 12.2 Å². The molecule has 0 aromatic carbocycles. The molecule has 0 radical (unpaired) electrons. The number of rotatable bonds is 7. The van der Waals surface area contributed by atoms with Crippen LogP contribution in [0.15, 0.2) is 42.6 Å². The molecule has 0 aromatic heterocycles. The lowest BCUT2D eigenvalue weighted by Crippen LogP contribution is -2.41. The molecule has 2 heteroatoms. The minimum Gasteiger partial charge on any atom is -0.306 e. The molecule has 84 valence electrons. The Balaban J connectivity index is 4.31. The number of nitrogens with zero attached hydrogens (tertiary/aromatic N) is 1. The Morgan fingerprint density at radius 1 is 1.40 bits per heavy atom. The monoisotopic (exact) mass is 206 g/mol. The number of allylic oxidation sites excluding steroid dienone is 2. The van der Waals surface area contributed by atoms with Crippen molar-refractivity contribution in [2.24, 2.45) is 4.99 Å². The first-order valence-electron chi connectivity index (χ1n) is 5.27. The fraction of sp³-hybridized carbons (Fsp3) is 0.462. The summed E-state index contributed by atoms with van der Waals surface area (Å²) in [4.78, 5) is 4.18. The van der Waals surface area contributed by atoms with Crippen LogP contribution in [0.1, 0.15) is 27.2 Å². The SMILES string of the molecule is C=C/C=C\C(CNC(C)(C)CC)=NC=C. The average Bonchev–Trinajstić information content (AvgIpc) is 2.22. The van der Waals surface area contributed by atoms with Gasteiger partial charge in [0, 0.05) is 18.3 Å². The van der Waals surface area contributed by atoms with Crippen molar-refractivity contribution in [1.29, 1.82) is 0 Å². The van der Waals surface area contributed by atoms with Crippen LogP contribution in [0.5, 0.6) is 0 Å². The summed E-state index contributed by atoms with van der Waals surface area (Å²) in [5, 5.41) is 3.44. The standard InChI is InChI=1S/C13H22N2/c1-6-9-10-12(14-8-3)11-15-13(4,5)7-2/h6,8-10,15H,1,3,7,11H2,2,4-5H3/b10-9-,14-12?. The summed E-state index contributed by atoms with van der Waals surface area (Å²) in [7, 11) is 0. The third-order valence-corrected chi connectivity index (χ3v) is 2.31. The van der Waals surface area contributed by atoms with Crippen LogP contribution in [0.4, 0.5) is 0 Å². The summed E-state index contributed by atoms with van der Waals surface area (Å²) < 4.78 is 0. The maximum atomic E-state index is 4.18. The lowest BCUT2D eigenvalue weighted by molar-refractivity contribution is 0.399. The zero-order valence-electron chi connectivity index (χ0n) is 10.1. The minimum atomic E-state index is 0.143. The Morgan fingerprint density at radius 3 is 2.53 bits per heavy atom. The van der Waals surface area contributed by atoms with Crippen LogP contribution >= 0.6 is 0 Å². The van der Waals surface area contributed by atoms with E-state index in [0.717, 1.165) is 18.7 Å². The minimum absolute atomic E-state index is 0.143. The topological polar surface area (TPSA) is 24.4 Å². The molecule has 0 spiro atoms. The molecule has 2 nitrogen and oxygen atoms in total. The predicted octanol–water partition coefficient (Wildman–Crippen LogP) is 3.09. The molecule has 0 aliphatic heterocycles. The van der Waals surface area contributed by atoms with Crippen LogP contribution in [-0.4, -0.2) is 17.8 Å². The lowest BCUT2D eigenvalue weighted by atomic mass is 10.0. The Hall–Kier alpha value is -1.15. The van der Waals surface area contributed by atoms with Crippen molar-refractivity contribution in [3.8, 4) is 0 Å². The van der Waals surface area contributed by atoms with Crippen LogP contribution in [0.3, 0.4) is 0 Å². The normalized spacial score (nSPS) is 13.1. The zero-order valence-corrected chi connectivity index (χ0v) is 10.1. The van der Waals surface area contributed by atoms with E-state index in [0.29, 0.717) is 0 Å². The molecule has 0 atom stereocenters. The van der Waals surface area contributed by atoms with Gasteiger partial charge >= 0.3 is 0 Å². The van der Waals surface area contributed by atoms with E-state index in [1.54, 1.807) is 12.3 Å². The molecule has 0 amide bonds. The summed E-state index contributed by atoms with van der Waals surface area (Å²) in [5.41, 5.74) is 1.11. The van der Waals surface area contributed by atoms with Crippen LogP contribution in [0.2, 0.25) is 0 Å². The van der Waals surface area contributed by atoms with Gasteiger partial charge in [0.05, 0.1) is 5.71 Å². The predicted molar refractivity (Wildman–Crippen MR) is 69.3 cm³/mol. The number of hydrogen-bond donors (Lipinski definition) is 1. The highest BCUT2D eigenvalue weighted by atomic mass is 15.0. The molecule has 15 heavy (non-hydrogen) atoms. The second-order valence-electron chi connectivity index (χ2n) is 3.99. The van der Waals surface area contributed by atoms with E-state index in [9.17, 15) is 0 Å². The Kier molecular flexibility index (Phi) is 6.63. The van der Waals surface area contributed by atoms with Gasteiger partial charge in [-0.2, -0.15) is 0 Å². The van der Waals surface area contributed by atoms with Crippen molar-refractivity contribution >= 4 is 5.71 Å². The Labute approximate surface area is 93.5 Å². The molecule has 0 unspecified atom stereocenters.